The second-order valence-corrected chi connectivity index (χ2v) is 4.75. The summed E-state index contributed by atoms with van der Waals surface area (Å²) in [6.45, 7) is 6.09. The van der Waals surface area contributed by atoms with Crippen molar-refractivity contribution in [3.8, 4) is 0 Å². The van der Waals surface area contributed by atoms with Crippen molar-refractivity contribution in [1.82, 2.24) is 14.6 Å². The van der Waals surface area contributed by atoms with Crippen molar-refractivity contribution in [1.29, 1.82) is 0 Å². The van der Waals surface area contributed by atoms with Crippen LogP contribution in [0.5, 0.6) is 0 Å². The second-order valence-electron chi connectivity index (χ2n) is 4.75. The summed E-state index contributed by atoms with van der Waals surface area (Å²) in [7, 11) is 0. The van der Waals surface area contributed by atoms with Crippen LogP contribution in [0.2, 0.25) is 0 Å². The molecule has 3 nitrogen and oxygen atoms in total. The number of rotatable bonds is 1. The Bertz CT molecular complexity index is 511. The third kappa shape index (κ3) is 1.77. The molecule has 0 atom stereocenters. The molecule has 86 valence electrons. The van der Waals surface area contributed by atoms with Gasteiger partial charge >= 0.3 is 0 Å². The number of halogens is 2. The molecule has 0 spiro atoms. The van der Waals surface area contributed by atoms with Crippen LogP contribution < -0.4 is 0 Å². The van der Waals surface area contributed by atoms with Gasteiger partial charge < -0.3 is 0 Å². The average molecular weight is 225 g/mol. The van der Waals surface area contributed by atoms with Gasteiger partial charge in [-0.1, -0.05) is 26.8 Å². The van der Waals surface area contributed by atoms with E-state index >= 15 is 0 Å². The van der Waals surface area contributed by atoms with Gasteiger partial charge in [-0.3, -0.25) is 4.40 Å². The Balaban J connectivity index is 2.63. The largest absolute Gasteiger partial charge is 0.297 e. The quantitative estimate of drug-likeness (QED) is 0.746. The highest BCUT2D eigenvalue weighted by molar-refractivity contribution is 5.41. The van der Waals surface area contributed by atoms with E-state index in [0.29, 0.717) is 5.65 Å². The molecule has 5 heteroatoms. The molecule has 0 aliphatic heterocycles. The number of hydrogen-bond donors (Lipinski definition) is 0. The number of hydrogen-bond acceptors (Lipinski definition) is 2. The van der Waals surface area contributed by atoms with E-state index in [1.165, 1.54) is 4.40 Å². The lowest BCUT2D eigenvalue weighted by molar-refractivity contribution is 0.139. The zero-order chi connectivity index (χ0) is 11.9. The van der Waals surface area contributed by atoms with Crippen LogP contribution in [0.25, 0.3) is 5.65 Å². The number of aromatic nitrogens is 3. The highest BCUT2D eigenvalue weighted by Gasteiger charge is 2.19. The molecule has 0 N–H and O–H groups in total. The fourth-order valence-corrected chi connectivity index (χ4v) is 1.50. The van der Waals surface area contributed by atoms with Gasteiger partial charge in [-0.05, 0) is 17.0 Å². The standard InChI is InChI=1S/C11H13F2N3/c1-11(2,3)7-4-5-8-14-15-10(9(12)13)16(8)6-7/h4-6,9H,1-3H3. The Hall–Kier alpha value is -1.52. The minimum atomic E-state index is -2.61. The molecular formula is C11H13F2N3. The summed E-state index contributed by atoms with van der Waals surface area (Å²) >= 11 is 0. The summed E-state index contributed by atoms with van der Waals surface area (Å²) in [4.78, 5) is 0. The molecule has 16 heavy (non-hydrogen) atoms. The normalized spacial score (nSPS) is 12.6. The monoisotopic (exact) mass is 225 g/mol. The van der Waals surface area contributed by atoms with Crippen LogP contribution in [-0.4, -0.2) is 14.6 Å². The van der Waals surface area contributed by atoms with Crippen LogP contribution in [0.4, 0.5) is 8.78 Å². The maximum atomic E-state index is 12.6. The predicted octanol–water partition coefficient (Wildman–Crippen LogP) is 2.96. The zero-order valence-electron chi connectivity index (χ0n) is 9.41. The lowest BCUT2D eigenvalue weighted by Crippen LogP contribution is -2.12. The fourth-order valence-electron chi connectivity index (χ4n) is 1.50. The molecule has 2 rings (SSSR count). The van der Waals surface area contributed by atoms with E-state index in [1.54, 1.807) is 12.3 Å². The lowest BCUT2D eigenvalue weighted by atomic mass is 9.88. The third-order valence-corrected chi connectivity index (χ3v) is 2.49. The third-order valence-electron chi connectivity index (χ3n) is 2.49. The molecule has 0 aliphatic rings. The first-order valence-electron chi connectivity index (χ1n) is 5.03. The fraction of sp³-hybridized carbons (Fsp3) is 0.455. The van der Waals surface area contributed by atoms with Gasteiger partial charge in [-0.2, -0.15) is 0 Å². The smallest absolute Gasteiger partial charge is 0.281 e. The summed E-state index contributed by atoms with van der Waals surface area (Å²) in [5.41, 5.74) is 1.34. The van der Waals surface area contributed by atoms with E-state index in [1.807, 2.05) is 26.8 Å². The summed E-state index contributed by atoms with van der Waals surface area (Å²) in [5, 5.41) is 7.18. The predicted molar refractivity (Wildman–Crippen MR) is 56.6 cm³/mol. The van der Waals surface area contributed by atoms with E-state index in [0.717, 1.165) is 5.56 Å². The van der Waals surface area contributed by atoms with Crippen molar-refractivity contribution in [3.63, 3.8) is 0 Å². The van der Waals surface area contributed by atoms with Crippen LogP contribution in [0.15, 0.2) is 18.3 Å². The Kier molecular flexibility index (Phi) is 2.40. The molecule has 0 aliphatic carbocycles. The molecule has 0 fully saturated rings. The van der Waals surface area contributed by atoms with Gasteiger partial charge in [-0.25, -0.2) is 8.78 Å². The Morgan fingerprint density at radius 2 is 1.88 bits per heavy atom. The Morgan fingerprint density at radius 1 is 1.19 bits per heavy atom. The van der Waals surface area contributed by atoms with E-state index in [9.17, 15) is 8.78 Å². The summed E-state index contributed by atoms with van der Waals surface area (Å²) in [6.07, 6.45) is -0.929. The minimum Gasteiger partial charge on any atom is -0.281 e. The SMILES string of the molecule is CC(C)(C)c1ccc2nnc(C(F)F)n2c1. The number of pyridine rings is 1. The average Bonchev–Trinajstić information content (AvgIpc) is 2.58. The molecule has 0 saturated heterocycles. The van der Waals surface area contributed by atoms with Gasteiger partial charge in [0.25, 0.3) is 6.43 Å². The topological polar surface area (TPSA) is 30.2 Å². The van der Waals surface area contributed by atoms with Crippen molar-refractivity contribution in [2.45, 2.75) is 32.6 Å². The van der Waals surface area contributed by atoms with Gasteiger partial charge in [0.2, 0.25) is 5.82 Å². The number of alkyl halides is 2. The van der Waals surface area contributed by atoms with Crippen LogP contribution in [0.3, 0.4) is 0 Å². The van der Waals surface area contributed by atoms with Crippen molar-refractivity contribution >= 4 is 5.65 Å². The van der Waals surface area contributed by atoms with Crippen molar-refractivity contribution < 1.29 is 8.78 Å². The molecule has 2 aromatic rings. The van der Waals surface area contributed by atoms with Gasteiger partial charge in [0, 0.05) is 6.20 Å². The van der Waals surface area contributed by atoms with E-state index in [-0.39, 0.29) is 11.2 Å². The first kappa shape index (κ1) is 11.0. The van der Waals surface area contributed by atoms with Gasteiger partial charge in [0.05, 0.1) is 0 Å². The van der Waals surface area contributed by atoms with Crippen LogP contribution in [0.1, 0.15) is 38.6 Å². The minimum absolute atomic E-state index is 0.0855. The van der Waals surface area contributed by atoms with Gasteiger partial charge in [-0.15, -0.1) is 10.2 Å². The molecule has 0 bridgehead atoms. The van der Waals surface area contributed by atoms with Gasteiger partial charge in [0.1, 0.15) is 0 Å². The number of nitrogens with zero attached hydrogens (tertiary/aromatic N) is 3. The van der Waals surface area contributed by atoms with Crippen molar-refractivity contribution in [3.05, 3.63) is 29.7 Å². The molecule has 2 heterocycles. The molecule has 0 unspecified atom stereocenters. The van der Waals surface area contributed by atoms with Crippen LogP contribution in [0, 0.1) is 0 Å². The first-order chi connectivity index (χ1) is 7.39. The summed E-state index contributed by atoms with van der Waals surface area (Å²) in [6, 6.07) is 3.60. The van der Waals surface area contributed by atoms with E-state index in [2.05, 4.69) is 10.2 Å². The molecule has 0 aromatic carbocycles. The van der Waals surface area contributed by atoms with E-state index < -0.39 is 6.43 Å². The first-order valence-corrected chi connectivity index (χ1v) is 5.03. The molecule has 0 radical (unpaired) electrons. The molecule has 2 aromatic heterocycles. The molecule has 0 saturated carbocycles. The second kappa shape index (κ2) is 3.50. The van der Waals surface area contributed by atoms with E-state index in [4.69, 9.17) is 0 Å². The highest BCUT2D eigenvalue weighted by Crippen LogP contribution is 2.24. The zero-order valence-corrected chi connectivity index (χ0v) is 9.41. The summed E-state index contributed by atoms with van der Waals surface area (Å²) in [5.74, 6) is -0.305. The van der Waals surface area contributed by atoms with Crippen molar-refractivity contribution in [2.75, 3.05) is 0 Å². The maximum Gasteiger partial charge on any atom is 0.297 e. The lowest BCUT2D eigenvalue weighted by Gasteiger charge is -2.18. The molecule has 0 amide bonds. The van der Waals surface area contributed by atoms with Crippen LogP contribution in [-0.2, 0) is 5.41 Å². The maximum absolute atomic E-state index is 12.6. The Morgan fingerprint density at radius 3 is 2.44 bits per heavy atom. The Labute approximate surface area is 92.1 Å². The summed E-state index contributed by atoms with van der Waals surface area (Å²) < 4.78 is 26.6. The van der Waals surface area contributed by atoms with Crippen molar-refractivity contribution in [2.24, 2.45) is 0 Å². The highest BCUT2D eigenvalue weighted by atomic mass is 19.3. The van der Waals surface area contributed by atoms with Gasteiger partial charge in [0.15, 0.2) is 5.65 Å². The van der Waals surface area contributed by atoms with Crippen LogP contribution >= 0.6 is 0 Å². The molecular weight excluding hydrogens is 212 g/mol. The number of fused-ring (bicyclic) bond motifs is 1.